The largest absolute Gasteiger partial charge is 0.396 e. The van der Waals surface area contributed by atoms with Crippen molar-refractivity contribution in [2.75, 3.05) is 17.7 Å². The zero-order valence-electron chi connectivity index (χ0n) is 13.4. The minimum atomic E-state index is 0.133. The van der Waals surface area contributed by atoms with Crippen molar-refractivity contribution in [2.45, 2.75) is 25.3 Å². The number of nitrogens with two attached hydrogens (primary N) is 1. The lowest BCUT2D eigenvalue weighted by molar-refractivity contribution is 0.229. The van der Waals surface area contributed by atoms with Gasteiger partial charge in [-0.05, 0) is 37.3 Å². The first-order chi connectivity index (χ1) is 12.1. The highest BCUT2D eigenvalue weighted by Gasteiger charge is 2.26. The molecule has 0 amide bonds. The molecular weight excluding hydrogens is 358 g/mol. The predicted molar refractivity (Wildman–Crippen MR) is 102 cm³/mol. The molecule has 6 nitrogen and oxygen atoms in total. The Morgan fingerprint density at radius 1 is 1.24 bits per heavy atom. The number of aliphatic hydroxyl groups is 1. The molecule has 0 unspecified atom stereocenters. The third kappa shape index (κ3) is 3.27. The Morgan fingerprint density at radius 3 is 2.84 bits per heavy atom. The van der Waals surface area contributed by atoms with Crippen LogP contribution in [-0.2, 0) is 0 Å². The Kier molecular flexibility index (Phi) is 4.45. The van der Waals surface area contributed by atoms with Gasteiger partial charge in [0, 0.05) is 12.6 Å². The molecule has 0 aliphatic heterocycles. The van der Waals surface area contributed by atoms with Gasteiger partial charge in [0.05, 0.1) is 15.8 Å². The number of para-hydroxylation sites is 1. The number of nitrogens with zero attached hydrogens (tertiary/aromatic N) is 3. The van der Waals surface area contributed by atoms with Crippen molar-refractivity contribution >= 4 is 44.9 Å². The lowest BCUT2D eigenvalue weighted by atomic mass is 10.1. The fraction of sp³-hybridized carbons (Fsp3) is 0.353. The lowest BCUT2D eigenvalue weighted by Gasteiger charge is -2.16. The van der Waals surface area contributed by atoms with Gasteiger partial charge in [0.15, 0.2) is 0 Å². The summed E-state index contributed by atoms with van der Waals surface area (Å²) in [5.41, 5.74) is 7.41. The minimum Gasteiger partial charge on any atom is -0.396 e. The van der Waals surface area contributed by atoms with Crippen LogP contribution >= 0.6 is 22.9 Å². The molecule has 1 aromatic carbocycles. The maximum Gasteiger partial charge on any atom is 0.223 e. The van der Waals surface area contributed by atoms with Crippen LogP contribution in [0, 0.1) is 5.92 Å². The van der Waals surface area contributed by atoms with Crippen molar-refractivity contribution in [1.29, 1.82) is 0 Å². The molecule has 8 heteroatoms. The van der Waals surface area contributed by atoms with Crippen LogP contribution in [0.25, 0.3) is 20.8 Å². The fourth-order valence-corrected chi connectivity index (χ4v) is 4.62. The zero-order chi connectivity index (χ0) is 17.4. The van der Waals surface area contributed by atoms with Crippen LogP contribution in [0.4, 0.5) is 11.8 Å². The van der Waals surface area contributed by atoms with Gasteiger partial charge in [0.25, 0.3) is 0 Å². The van der Waals surface area contributed by atoms with Crippen LogP contribution in [-0.4, -0.2) is 32.7 Å². The highest BCUT2D eigenvalue weighted by Crippen LogP contribution is 2.39. The van der Waals surface area contributed by atoms with Gasteiger partial charge in [0.2, 0.25) is 5.95 Å². The highest BCUT2D eigenvalue weighted by molar-refractivity contribution is 7.21. The van der Waals surface area contributed by atoms with Crippen LogP contribution in [0.1, 0.15) is 19.3 Å². The summed E-state index contributed by atoms with van der Waals surface area (Å²) in [7, 11) is 0. The van der Waals surface area contributed by atoms with Crippen LogP contribution in [0.3, 0.4) is 0 Å². The Morgan fingerprint density at radius 2 is 2.08 bits per heavy atom. The van der Waals surface area contributed by atoms with Gasteiger partial charge in [-0.2, -0.15) is 4.98 Å². The quantitative estimate of drug-likeness (QED) is 0.603. The number of nitrogen functional groups attached to an aromatic ring is 1. The summed E-state index contributed by atoms with van der Waals surface area (Å²) in [5, 5.41) is 13.9. The minimum absolute atomic E-state index is 0.133. The number of aromatic nitrogens is 3. The average molecular weight is 376 g/mol. The second kappa shape index (κ2) is 6.74. The summed E-state index contributed by atoms with van der Waals surface area (Å²) in [6, 6.07) is 8.17. The van der Waals surface area contributed by atoms with Crippen molar-refractivity contribution in [1.82, 2.24) is 15.0 Å². The van der Waals surface area contributed by atoms with Gasteiger partial charge in [-0.15, -0.1) is 11.3 Å². The third-order valence-corrected chi connectivity index (χ3v) is 5.86. The molecule has 0 saturated heterocycles. The first-order valence-corrected chi connectivity index (χ1v) is 9.40. The van der Waals surface area contributed by atoms with Gasteiger partial charge < -0.3 is 16.2 Å². The van der Waals surface area contributed by atoms with Crippen molar-refractivity contribution in [3.05, 3.63) is 29.4 Å². The summed E-state index contributed by atoms with van der Waals surface area (Å²) in [6.07, 6.45) is 2.88. The summed E-state index contributed by atoms with van der Waals surface area (Å²) in [4.78, 5) is 13.1. The van der Waals surface area contributed by atoms with Gasteiger partial charge >= 0.3 is 0 Å². The Hall–Kier alpha value is -1.96. The molecule has 3 aromatic rings. The topological polar surface area (TPSA) is 97.0 Å². The first kappa shape index (κ1) is 16.5. The molecule has 0 bridgehead atoms. The standard InChI is InChI=1S/C17H18ClN5OS/c18-14-13(16-21-11-3-1-2-4-12(11)25-16)15(23-17(19)22-14)20-10-6-5-9(7-10)8-24/h1-4,9-10,24H,5-8H2,(H3,19,20,22,23)/t9-,10+/m1/s1. The number of benzene rings is 1. The number of nitrogens with one attached hydrogen (secondary N) is 1. The molecule has 130 valence electrons. The number of anilines is 2. The molecule has 2 atom stereocenters. The maximum atomic E-state index is 9.35. The van der Waals surface area contributed by atoms with Crippen LogP contribution in [0.5, 0.6) is 0 Å². The van der Waals surface area contributed by atoms with Crippen LogP contribution in [0.15, 0.2) is 24.3 Å². The number of fused-ring (bicyclic) bond motifs is 1. The monoisotopic (exact) mass is 375 g/mol. The summed E-state index contributed by atoms with van der Waals surface area (Å²) in [6.45, 7) is 0.218. The van der Waals surface area contributed by atoms with Crippen molar-refractivity contribution in [3.63, 3.8) is 0 Å². The first-order valence-electron chi connectivity index (χ1n) is 8.20. The van der Waals surface area contributed by atoms with Crippen molar-refractivity contribution < 1.29 is 5.11 Å². The van der Waals surface area contributed by atoms with E-state index in [1.165, 1.54) is 0 Å². The Labute approximate surface area is 154 Å². The Bertz CT molecular complexity index is 882. The molecule has 0 radical (unpaired) electrons. The molecule has 0 spiro atoms. The molecule has 2 heterocycles. The number of halogens is 1. The predicted octanol–water partition coefficient (Wildman–Crippen LogP) is 3.56. The molecule has 1 aliphatic carbocycles. The lowest BCUT2D eigenvalue weighted by Crippen LogP contribution is -2.18. The van der Waals surface area contributed by atoms with Crippen molar-refractivity contribution in [3.8, 4) is 10.6 Å². The summed E-state index contributed by atoms with van der Waals surface area (Å²) in [5.74, 6) is 1.08. The SMILES string of the molecule is Nc1nc(Cl)c(-c2nc3ccccc3s2)c(N[C@H]2CC[C@@H](CO)C2)n1. The maximum absolute atomic E-state index is 9.35. The van der Waals surface area contributed by atoms with E-state index in [-0.39, 0.29) is 18.6 Å². The number of rotatable bonds is 4. The van der Waals surface area contributed by atoms with Crippen molar-refractivity contribution in [2.24, 2.45) is 5.92 Å². The molecular formula is C17H18ClN5OS. The van der Waals surface area contributed by atoms with E-state index in [0.29, 0.717) is 22.5 Å². The van der Waals surface area contributed by atoms with Gasteiger partial charge in [-0.25, -0.2) is 9.97 Å². The van der Waals surface area contributed by atoms with E-state index in [4.69, 9.17) is 17.3 Å². The van der Waals surface area contributed by atoms with Crippen LogP contribution < -0.4 is 11.1 Å². The second-order valence-corrected chi connectivity index (χ2v) is 7.67. The van der Waals surface area contributed by atoms with E-state index in [2.05, 4.69) is 20.3 Å². The summed E-state index contributed by atoms with van der Waals surface area (Å²) >= 11 is 7.94. The van der Waals surface area contributed by atoms with E-state index in [0.717, 1.165) is 34.5 Å². The molecule has 1 aliphatic rings. The van der Waals surface area contributed by atoms with E-state index >= 15 is 0 Å². The number of hydrogen-bond acceptors (Lipinski definition) is 7. The van der Waals surface area contributed by atoms with Crippen LogP contribution in [0.2, 0.25) is 5.15 Å². The summed E-state index contributed by atoms with van der Waals surface area (Å²) < 4.78 is 1.08. The zero-order valence-corrected chi connectivity index (χ0v) is 15.0. The van der Waals surface area contributed by atoms with E-state index < -0.39 is 0 Å². The molecule has 1 saturated carbocycles. The molecule has 25 heavy (non-hydrogen) atoms. The normalized spacial score (nSPS) is 20.2. The number of hydrogen-bond donors (Lipinski definition) is 3. The molecule has 4 N–H and O–H groups in total. The fourth-order valence-electron chi connectivity index (χ4n) is 3.29. The smallest absolute Gasteiger partial charge is 0.223 e. The number of thiazole rings is 1. The molecule has 4 rings (SSSR count). The average Bonchev–Trinajstić information content (AvgIpc) is 3.20. The Balaban J connectivity index is 1.73. The van der Waals surface area contributed by atoms with E-state index in [1.807, 2.05) is 24.3 Å². The molecule has 2 aromatic heterocycles. The van der Waals surface area contributed by atoms with Gasteiger partial charge in [-0.3, -0.25) is 0 Å². The van der Waals surface area contributed by atoms with E-state index in [9.17, 15) is 5.11 Å². The van der Waals surface area contributed by atoms with Gasteiger partial charge in [0.1, 0.15) is 16.0 Å². The van der Waals surface area contributed by atoms with E-state index in [1.54, 1.807) is 11.3 Å². The number of aliphatic hydroxyl groups excluding tert-OH is 1. The van der Waals surface area contributed by atoms with Gasteiger partial charge in [-0.1, -0.05) is 23.7 Å². The molecule has 1 fully saturated rings. The third-order valence-electron chi connectivity index (χ3n) is 4.53. The second-order valence-electron chi connectivity index (χ2n) is 6.29. The highest BCUT2D eigenvalue weighted by atomic mass is 35.5.